The highest BCUT2D eigenvalue weighted by Crippen LogP contribution is 2.30. The van der Waals surface area contributed by atoms with Gasteiger partial charge in [-0.1, -0.05) is 111 Å². The minimum Gasteiger partial charge on any atom is -0.384 e. The molecular weight excluding hydrogens is 661 g/mol. The van der Waals surface area contributed by atoms with Gasteiger partial charge in [0.25, 0.3) is 11.8 Å². The fourth-order valence-corrected chi connectivity index (χ4v) is 5.72. The normalized spacial score (nSPS) is 11.2. The lowest BCUT2D eigenvalue weighted by molar-refractivity contribution is 0.0947. The predicted molar refractivity (Wildman–Crippen MR) is 217 cm³/mol. The lowest BCUT2D eigenvalue weighted by atomic mass is 9.89. The Kier molecular flexibility index (Phi) is 14.3. The topological polar surface area (TPSA) is 188 Å². The molecule has 10 heteroatoms. The number of hydrogen-bond donors (Lipinski definition) is 6. The molecule has 2 amide bonds. The maximum Gasteiger partial charge on any atom is 0.251 e. The Morgan fingerprint density at radius 3 is 1.43 bits per heavy atom. The highest BCUT2D eigenvalue weighted by Gasteiger charge is 2.16. The van der Waals surface area contributed by atoms with E-state index in [0.29, 0.717) is 47.5 Å². The molecular formula is C43H46N8O2. The van der Waals surface area contributed by atoms with Crippen LogP contribution in [0.1, 0.15) is 62.7 Å². The van der Waals surface area contributed by atoms with Gasteiger partial charge in [-0.15, -0.1) is 0 Å². The summed E-state index contributed by atoms with van der Waals surface area (Å²) in [6, 6.07) is 45.5. The molecule has 53 heavy (non-hydrogen) atoms. The first kappa shape index (κ1) is 38.9. The molecule has 270 valence electrons. The van der Waals surface area contributed by atoms with Gasteiger partial charge in [-0.25, -0.2) is 9.97 Å². The van der Waals surface area contributed by atoms with Gasteiger partial charge in [0.1, 0.15) is 23.3 Å². The lowest BCUT2D eigenvalue weighted by Crippen LogP contribution is -2.25. The first-order valence-electron chi connectivity index (χ1n) is 16.8. The third-order valence-electron chi connectivity index (χ3n) is 8.11. The Hall–Kier alpha value is -6.94. The smallest absolute Gasteiger partial charge is 0.251 e. The van der Waals surface area contributed by atoms with E-state index in [2.05, 4.69) is 32.7 Å². The van der Waals surface area contributed by atoms with E-state index in [1.807, 2.05) is 103 Å². The second-order valence-corrected chi connectivity index (χ2v) is 11.9. The van der Waals surface area contributed by atoms with Gasteiger partial charge in [0.15, 0.2) is 0 Å². The molecule has 1 unspecified atom stereocenters. The summed E-state index contributed by atoms with van der Waals surface area (Å²) in [6.07, 6.45) is 2.68. The van der Waals surface area contributed by atoms with Gasteiger partial charge < -0.3 is 33.6 Å². The van der Waals surface area contributed by atoms with E-state index in [-0.39, 0.29) is 25.2 Å². The molecule has 0 aliphatic carbocycles. The number of nitrogens with two attached hydrogens (primary N) is 4. The van der Waals surface area contributed by atoms with Crippen LogP contribution in [0, 0.1) is 0 Å². The molecule has 1 atom stereocenters. The maximum atomic E-state index is 12.2. The molecule has 0 aliphatic rings. The van der Waals surface area contributed by atoms with Gasteiger partial charge >= 0.3 is 0 Å². The van der Waals surface area contributed by atoms with E-state index in [1.54, 1.807) is 36.4 Å². The first-order valence-corrected chi connectivity index (χ1v) is 16.8. The molecule has 6 rings (SSSR count). The maximum absolute atomic E-state index is 12.2. The summed E-state index contributed by atoms with van der Waals surface area (Å²) in [5.74, 6) is 1.38. The summed E-state index contributed by atoms with van der Waals surface area (Å²) in [6.45, 7) is 0.912. The minimum absolute atomic E-state index is 0. The standard InChI is InChI=1S/C21H22N4O.C21H20N4O.CH4/c2*22-19-13-17(14-20(23)25-19)18(15-7-3-1-4-8-15)11-12-24-21(26)16-9-5-2-6-10-16;/h1-10,13-14,18H,11-12H2,(H,24,26)(H4,22,23,25);1-11,13-14H,12H2,(H,24,26)(H4,22,23,25);1H4/b;18-11+;. The Labute approximate surface area is 311 Å². The second-order valence-electron chi connectivity index (χ2n) is 11.9. The molecule has 0 aliphatic heterocycles. The van der Waals surface area contributed by atoms with Crippen molar-refractivity contribution in [2.24, 2.45) is 0 Å². The van der Waals surface area contributed by atoms with Crippen molar-refractivity contribution < 1.29 is 9.59 Å². The number of aromatic nitrogens is 2. The number of benzene rings is 4. The van der Waals surface area contributed by atoms with Crippen LogP contribution in [0.25, 0.3) is 5.57 Å². The van der Waals surface area contributed by atoms with Crippen molar-refractivity contribution in [2.75, 3.05) is 36.0 Å². The zero-order valence-electron chi connectivity index (χ0n) is 28.7. The summed E-state index contributed by atoms with van der Waals surface area (Å²) < 4.78 is 0. The number of amides is 2. The van der Waals surface area contributed by atoms with Crippen LogP contribution in [0.4, 0.5) is 23.3 Å². The minimum atomic E-state index is -0.122. The first-order chi connectivity index (χ1) is 25.3. The van der Waals surface area contributed by atoms with Crippen molar-refractivity contribution in [3.63, 3.8) is 0 Å². The van der Waals surface area contributed by atoms with Crippen molar-refractivity contribution >= 4 is 40.7 Å². The van der Waals surface area contributed by atoms with E-state index in [1.165, 1.54) is 0 Å². The SMILES string of the molecule is C.Nc1cc(/C(=C/CNC(=O)c2ccccc2)c2ccccc2)cc(N)n1.Nc1cc(C(CCNC(=O)c2ccccc2)c2ccccc2)cc(N)n1. The summed E-state index contributed by atoms with van der Waals surface area (Å²) in [4.78, 5) is 32.5. The number of pyridine rings is 2. The van der Waals surface area contributed by atoms with Gasteiger partial charge in [-0.2, -0.15) is 0 Å². The van der Waals surface area contributed by atoms with Gasteiger partial charge in [0.2, 0.25) is 0 Å². The zero-order valence-corrected chi connectivity index (χ0v) is 28.7. The van der Waals surface area contributed by atoms with Gasteiger partial charge in [0, 0.05) is 30.1 Å². The molecule has 0 saturated heterocycles. The van der Waals surface area contributed by atoms with Crippen LogP contribution in [-0.2, 0) is 0 Å². The zero-order chi connectivity index (χ0) is 36.7. The molecule has 0 radical (unpaired) electrons. The molecule has 0 bridgehead atoms. The van der Waals surface area contributed by atoms with Crippen molar-refractivity contribution in [1.29, 1.82) is 0 Å². The van der Waals surface area contributed by atoms with Crippen LogP contribution in [-0.4, -0.2) is 34.9 Å². The molecule has 0 saturated carbocycles. The third-order valence-corrected chi connectivity index (χ3v) is 8.11. The number of carbonyl (C=O) groups is 2. The van der Waals surface area contributed by atoms with E-state index < -0.39 is 0 Å². The monoisotopic (exact) mass is 706 g/mol. The number of anilines is 4. The molecule has 10 nitrogen and oxygen atoms in total. The van der Waals surface area contributed by atoms with Crippen molar-refractivity contribution in [1.82, 2.24) is 20.6 Å². The highest BCUT2D eigenvalue weighted by molar-refractivity contribution is 5.94. The number of rotatable bonds is 11. The molecule has 10 N–H and O–H groups in total. The van der Waals surface area contributed by atoms with Gasteiger partial charge in [-0.3, -0.25) is 9.59 Å². The van der Waals surface area contributed by atoms with Crippen LogP contribution >= 0.6 is 0 Å². The Morgan fingerprint density at radius 1 is 0.528 bits per heavy atom. The summed E-state index contributed by atoms with van der Waals surface area (Å²) in [5.41, 5.74) is 29.6. The highest BCUT2D eigenvalue weighted by atomic mass is 16.2. The molecule has 2 aromatic heterocycles. The quantitative estimate of drug-likeness (QED) is 0.0835. The molecule has 0 fully saturated rings. The Bertz CT molecular complexity index is 2050. The predicted octanol–water partition coefficient (Wildman–Crippen LogP) is 6.94. The van der Waals surface area contributed by atoms with Crippen LogP contribution in [0.2, 0.25) is 0 Å². The molecule has 6 aromatic rings. The van der Waals surface area contributed by atoms with Crippen LogP contribution in [0.5, 0.6) is 0 Å². The van der Waals surface area contributed by atoms with Crippen molar-refractivity contribution in [3.8, 4) is 0 Å². The Morgan fingerprint density at radius 2 is 0.943 bits per heavy atom. The van der Waals surface area contributed by atoms with Crippen molar-refractivity contribution in [2.45, 2.75) is 19.8 Å². The summed E-state index contributed by atoms with van der Waals surface area (Å²) in [7, 11) is 0. The van der Waals surface area contributed by atoms with Gasteiger partial charge in [-0.05, 0) is 82.8 Å². The van der Waals surface area contributed by atoms with Crippen LogP contribution < -0.4 is 33.6 Å². The average Bonchev–Trinajstić information content (AvgIpc) is 3.16. The lowest BCUT2D eigenvalue weighted by Gasteiger charge is -2.19. The number of hydrogen-bond acceptors (Lipinski definition) is 8. The van der Waals surface area contributed by atoms with E-state index >= 15 is 0 Å². The number of nitrogens with one attached hydrogen (secondary N) is 2. The summed E-state index contributed by atoms with van der Waals surface area (Å²) in [5, 5.41) is 5.89. The largest absolute Gasteiger partial charge is 0.384 e. The van der Waals surface area contributed by atoms with E-state index in [9.17, 15) is 9.59 Å². The average molecular weight is 707 g/mol. The van der Waals surface area contributed by atoms with Crippen molar-refractivity contribution in [3.05, 3.63) is 185 Å². The number of nitrogen functional groups attached to an aromatic ring is 4. The number of carbonyl (C=O) groups excluding carboxylic acids is 2. The Balaban J connectivity index is 0.000000232. The molecule has 0 spiro atoms. The van der Waals surface area contributed by atoms with Crippen LogP contribution in [0.3, 0.4) is 0 Å². The molecule has 4 aromatic carbocycles. The van der Waals surface area contributed by atoms with E-state index in [4.69, 9.17) is 22.9 Å². The third kappa shape index (κ3) is 11.5. The fraction of sp³-hybridized carbons (Fsp3) is 0.116. The number of nitrogens with zero attached hydrogens (tertiary/aromatic N) is 2. The van der Waals surface area contributed by atoms with E-state index in [0.717, 1.165) is 34.2 Å². The van der Waals surface area contributed by atoms with Crippen LogP contribution in [0.15, 0.2) is 152 Å². The summed E-state index contributed by atoms with van der Waals surface area (Å²) >= 11 is 0. The van der Waals surface area contributed by atoms with Gasteiger partial charge in [0.05, 0.1) is 0 Å². The second kappa shape index (κ2) is 19.5. The molecule has 2 heterocycles. The fourth-order valence-electron chi connectivity index (χ4n) is 5.72.